The van der Waals surface area contributed by atoms with E-state index in [0.717, 1.165) is 46.7 Å². The topological polar surface area (TPSA) is 107 Å². The molecule has 0 radical (unpaired) electrons. The zero-order valence-corrected chi connectivity index (χ0v) is 20.4. The van der Waals surface area contributed by atoms with Crippen LogP contribution in [-0.2, 0) is 21.4 Å². The van der Waals surface area contributed by atoms with Crippen LogP contribution in [0.25, 0.3) is 11.0 Å². The van der Waals surface area contributed by atoms with Crippen LogP contribution in [0.15, 0.2) is 46.5 Å². The largest absolute Gasteiger partial charge is 0.325 e. The number of hydrogen-bond donors (Lipinski definition) is 2. The number of thioether (sulfide) groups is 1. The molecule has 32 heavy (non-hydrogen) atoms. The van der Waals surface area contributed by atoms with Crippen LogP contribution in [0, 0.1) is 13.8 Å². The van der Waals surface area contributed by atoms with E-state index in [0.29, 0.717) is 5.69 Å². The fourth-order valence-electron chi connectivity index (χ4n) is 3.51. The van der Waals surface area contributed by atoms with Gasteiger partial charge in [-0.1, -0.05) is 50.1 Å². The number of carbonyl (C=O) groups is 1. The maximum Gasteiger partial charge on any atom is 0.238 e. The van der Waals surface area contributed by atoms with Crippen molar-refractivity contribution in [3.05, 3.63) is 47.5 Å². The van der Waals surface area contributed by atoms with Gasteiger partial charge in [0.05, 0.1) is 21.7 Å². The molecular formula is C23H30N4O3S2. The Balaban J connectivity index is 1.74. The van der Waals surface area contributed by atoms with Crippen LogP contribution < -0.4 is 10.5 Å². The number of nitrogens with two attached hydrogens (primary N) is 1. The lowest BCUT2D eigenvalue weighted by Gasteiger charge is -2.13. The Labute approximate surface area is 193 Å². The minimum absolute atomic E-state index is 0.0163. The summed E-state index contributed by atoms with van der Waals surface area (Å²) in [5, 5.41) is 8.91. The zero-order valence-electron chi connectivity index (χ0n) is 18.7. The first-order valence-corrected chi connectivity index (χ1v) is 13.3. The van der Waals surface area contributed by atoms with Gasteiger partial charge >= 0.3 is 0 Å². The number of imidazole rings is 1. The quantitative estimate of drug-likeness (QED) is 0.330. The molecule has 0 fully saturated rings. The summed E-state index contributed by atoms with van der Waals surface area (Å²) in [5.74, 6) is -0.0650. The van der Waals surface area contributed by atoms with Gasteiger partial charge in [-0.2, -0.15) is 0 Å². The lowest BCUT2D eigenvalue weighted by atomic mass is 10.1. The summed E-state index contributed by atoms with van der Waals surface area (Å²) in [4.78, 5) is 17.4. The molecule has 7 nitrogen and oxygen atoms in total. The highest BCUT2D eigenvalue weighted by molar-refractivity contribution is 7.99. The van der Waals surface area contributed by atoms with E-state index in [1.54, 1.807) is 6.92 Å². The van der Waals surface area contributed by atoms with Gasteiger partial charge in [-0.25, -0.2) is 18.5 Å². The average molecular weight is 475 g/mol. The van der Waals surface area contributed by atoms with Crippen molar-refractivity contribution in [1.82, 2.24) is 9.55 Å². The summed E-state index contributed by atoms with van der Waals surface area (Å²) in [6.07, 6.45) is 4.60. The number of aryl methyl sites for hydroxylation is 2. The Morgan fingerprint density at radius 1 is 1.16 bits per heavy atom. The Morgan fingerprint density at radius 3 is 2.62 bits per heavy atom. The minimum Gasteiger partial charge on any atom is -0.325 e. The van der Waals surface area contributed by atoms with E-state index in [9.17, 15) is 13.2 Å². The summed E-state index contributed by atoms with van der Waals surface area (Å²) in [5.41, 5.74) is 3.98. The normalized spacial score (nSPS) is 11.8. The Hall–Kier alpha value is -2.36. The van der Waals surface area contributed by atoms with Gasteiger partial charge in [0, 0.05) is 12.2 Å². The molecule has 0 bridgehead atoms. The number of carbonyl (C=O) groups excluding carboxylic acids is 1. The standard InChI is InChI=1S/C23H30N4O3S2/c1-4-5-6-9-12-27-21-11-8-7-10-19(21)26-23(27)31-15-22(28)25-20-14-18(32(24,29)30)13-16(2)17(20)3/h7-8,10-11,13-14H,4-6,9,12,15H2,1-3H3,(H,25,28)(H2,24,29,30). The number of hydrogen-bond acceptors (Lipinski definition) is 5. The second kappa shape index (κ2) is 10.5. The molecule has 1 aromatic heterocycles. The number of benzene rings is 2. The van der Waals surface area contributed by atoms with Crippen molar-refractivity contribution in [2.75, 3.05) is 11.1 Å². The van der Waals surface area contributed by atoms with Gasteiger partial charge in [-0.15, -0.1) is 0 Å². The monoisotopic (exact) mass is 474 g/mol. The van der Waals surface area contributed by atoms with Crippen LogP contribution in [0.4, 0.5) is 5.69 Å². The van der Waals surface area contributed by atoms with E-state index >= 15 is 0 Å². The lowest BCUT2D eigenvalue weighted by Crippen LogP contribution is -2.18. The molecule has 0 saturated heterocycles. The predicted molar refractivity (Wildman–Crippen MR) is 131 cm³/mol. The first kappa shape index (κ1) is 24.3. The van der Waals surface area contributed by atoms with Gasteiger partial charge in [0.1, 0.15) is 0 Å². The van der Waals surface area contributed by atoms with Crippen molar-refractivity contribution in [3.63, 3.8) is 0 Å². The molecule has 9 heteroatoms. The third kappa shape index (κ3) is 5.90. The third-order valence-corrected chi connectivity index (χ3v) is 7.30. The molecule has 3 rings (SSSR count). The molecule has 1 amide bonds. The number of nitrogens with one attached hydrogen (secondary N) is 1. The predicted octanol–water partition coefficient (Wildman–Crippen LogP) is 4.61. The molecule has 3 N–H and O–H groups in total. The van der Waals surface area contributed by atoms with Crippen LogP contribution in [-0.4, -0.2) is 29.6 Å². The Bertz CT molecular complexity index is 1220. The summed E-state index contributed by atoms with van der Waals surface area (Å²) < 4.78 is 25.7. The smallest absolute Gasteiger partial charge is 0.238 e. The fourth-order valence-corrected chi connectivity index (χ4v) is 4.98. The molecule has 2 aromatic carbocycles. The number of fused-ring (bicyclic) bond motifs is 1. The van der Waals surface area contributed by atoms with Crippen LogP contribution in [0.5, 0.6) is 0 Å². The van der Waals surface area contributed by atoms with Crippen LogP contribution >= 0.6 is 11.8 Å². The van der Waals surface area contributed by atoms with Crippen molar-refractivity contribution >= 4 is 44.4 Å². The maximum absolute atomic E-state index is 12.7. The Kier molecular flexibility index (Phi) is 7.97. The first-order chi connectivity index (χ1) is 15.2. The van der Waals surface area contributed by atoms with E-state index in [2.05, 4.69) is 22.9 Å². The first-order valence-electron chi connectivity index (χ1n) is 10.7. The fraction of sp³-hybridized carbons (Fsp3) is 0.391. The second-order valence-electron chi connectivity index (χ2n) is 7.89. The number of amides is 1. The molecule has 0 aliphatic rings. The van der Waals surface area contributed by atoms with E-state index < -0.39 is 10.0 Å². The number of nitrogens with zero attached hydrogens (tertiary/aromatic N) is 2. The molecule has 3 aromatic rings. The molecule has 0 spiro atoms. The van der Waals surface area contributed by atoms with Crippen molar-refractivity contribution in [2.24, 2.45) is 5.14 Å². The van der Waals surface area contributed by atoms with Crippen molar-refractivity contribution < 1.29 is 13.2 Å². The van der Waals surface area contributed by atoms with Crippen molar-refractivity contribution in [1.29, 1.82) is 0 Å². The van der Waals surface area contributed by atoms with E-state index in [1.165, 1.54) is 36.7 Å². The summed E-state index contributed by atoms with van der Waals surface area (Å²) in [6, 6.07) is 10.9. The highest BCUT2D eigenvalue weighted by Crippen LogP contribution is 2.27. The number of aromatic nitrogens is 2. The number of para-hydroxylation sites is 2. The minimum atomic E-state index is -3.86. The third-order valence-electron chi connectivity index (χ3n) is 5.43. The molecule has 0 aliphatic heterocycles. The van der Waals surface area contributed by atoms with E-state index in [1.807, 2.05) is 25.1 Å². The number of unbranched alkanes of at least 4 members (excludes halogenated alkanes) is 3. The van der Waals surface area contributed by atoms with Crippen molar-refractivity contribution in [2.45, 2.75) is 63.1 Å². The maximum atomic E-state index is 12.7. The van der Waals surface area contributed by atoms with Gasteiger partial charge in [-0.3, -0.25) is 4.79 Å². The number of primary sulfonamides is 1. The number of rotatable bonds is 10. The summed E-state index contributed by atoms with van der Waals surface area (Å²) in [7, 11) is -3.86. The molecule has 0 unspecified atom stereocenters. The SMILES string of the molecule is CCCCCCn1c(SCC(=O)Nc2cc(S(N)(=O)=O)cc(C)c2C)nc2ccccc21. The average Bonchev–Trinajstić information content (AvgIpc) is 3.09. The van der Waals surface area contributed by atoms with Gasteiger partial charge in [0.15, 0.2) is 5.16 Å². The Morgan fingerprint density at radius 2 is 1.91 bits per heavy atom. The zero-order chi connectivity index (χ0) is 23.3. The summed E-state index contributed by atoms with van der Waals surface area (Å²) in [6.45, 7) is 6.67. The van der Waals surface area contributed by atoms with Gasteiger partial charge in [0.2, 0.25) is 15.9 Å². The van der Waals surface area contributed by atoms with Gasteiger partial charge in [0.25, 0.3) is 0 Å². The molecule has 0 aliphatic carbocycles. The van der Waals surface area contributed by atoms with Gasteiger partial charge in [-0.05, 0) is 55.7 Å². The molecular weight excluding hydrogens is 444 g/mol. The van der Waals surface area contributed by atoms with Crippen LogP contribution in [0.2, 0.25) is 0 Å². The highest BCUT2D eigenvalue weighted by atomic mass is 32.2. The molecule has 1 heterocycles. The van der Waals surface area contributed by atoms with E-state index in [-0.39, 0.29) is 16.6 Å². The van der Waals surface area contributed by atoms with Crippen molar-refractivity contribution in [3.8, 4) is 0 Å². The lowest BCUT2D eigenvalue weighted by molar-refractivity contribution is -0.113. The summed E-state index contributed by atoms with van der Waals surface area (Å²) >= 11 is 1.38. The van der Waals surface area contributed by atoms with Crippen LogP contribution in [0.1, 0.15) is 43.7 Å². The van der Waals surface area contributed by atoms with Crippen LogP contribution in [0.3, 0.4) is 0 Å². The van der Waals surface area contributed by atoms with E-state index in [4.69, 9.17) is 10.1 Å². The number of anilines is 1. The second-order valence-corrected chi connectivity index (χ2v) is 10.4. The molecule has 172 valence electrons. The number of sulfonamides is 1. The highest BCUT2D eigenvalue weighted by Gasteiger charge is 2.16. The molecule has 0 saturated carbocycles. The molecule has 0 atom stereocenters. The van der Waals surface area contributed by atoms with Gasteiger partial charge < -0.3 is 9.88 Å².